The van der Waals surface area contributed by atoms with Crippen molar-refractivity contribution in [1.29, 1.82) is 0 Å². The Bertz CT molecular complexity index is 1620. The maximum Gasteiger partial charge on any atom is 0.221 e. The first-order valence-electron chi connectivity index (χ1n) is 10.2. The lowest BCUT2D eigenvalue weighted by atomic mass is 9.92. The van der Waals surface area contributed by atoms with Crippen LogP contribution < -0.4 is 0 Å². The maximum absolute atomic E-state index is 15.3. The molecular weight excluding hydrogens is 423 g/mol. The second kappa shape index (κ2) is 7.26. The van der Waals surface area contributed by atoms with E-state index in [4.69, 9.17) is 0 Å². The quantitative estimate of drug-likeness (QED) is 0.430. The highest BCUT2D eigenvalue weighted by Crippen LogP contribution is 2.34. The molecule has 0 aliphatic carbocycles. The molecule has 33 heavy (non-hydrogen) atoms. The third-order valence-electron chi connectivity index (χ3n) is 5.68. The molecule has 1 atom stereocenters. The van der Waals surface area contributed by atoms with E-state index in [2.05, 4.69) is 45.7 Å². The summed E-state index contributed by atoms with van der Waals surface area (Å²) in [5, 5.41) is 22.5. The summed E-state index contributed by atoms with van der Waals surface area (Å²) in [4.78, 5) is 13.7. The molecule has 0 saturated carbocycles. The van der Waals surface area contributed by atoms with Crippen molar-refractivity contribution in [3.63, 3.8) is 0 Å². The molecule has 0 bridgehead atoms. The monoisotopic (exact) mass is 440 g/mol. The molecule has 1 unspecified atom stereocenters. The number of halogens is 1. The summed E-state index contributed by atoms with van der Waals surface area (Å²) < 4.78 is 17.0. The molecule has 6 aromatic rings. The molecule has 0 aliphatic rings. The molecule has 11 heteroatoms. The number of H-pyrrole nitrogens is 2. The van der Waals surface area contributed by atoms with Gasteiger partial charge < -0.3 is 0 Å². The zero-order valence-corrected chi connectivity index (χ0v) is 17.7. The van der Waals surface area contributed by atoms with E-state index in [1.807, 2.05) is 32.3 Å². The van der Waals surface area contributed by atoms with Gasteiger partial charge in [-0.05, 0) is 17.7 Å². The molecule has 0 saturated heterocycles. The van der Waals surface area contributed by atoms with Gasteiger partial charge >= 0.3 is 0 Å². The molecule has 0 aliphatic heterocycles. The molecule has 6 rings (SSSR count). The number of aryl methyl sites for hydroxylation is 1. The zero-order valence-electron chi connectivity index (χ0n) is 17.7. The Morgan fingerprint density at radius 3 is 2.58 bits per heavy atom. The Hall–Kier alpha value is -4.54. The number of fused-ring (bicyclic) bond motifs is 2. The van der Waals surface area contributed by atoms with E-state index in [1.165, 1.54) is 6.07 Å². The van der Waals surface area contributed by atoms with Gasteiger partial charge in [0.15, 0.2) is 0 Å². The minimum atomic E-state index is -0.421. The molecule has 0 fully saturated rings. The largest absolute Gasteiger partial charge is 0.285 e. The number of pyridine rings is 1. The predicted octanol–water partition coefficient (Wildman–Crippen LogP) is 3.38. The van der Waals surface area contributed by atoms with Crippen LogP contribution in [0.15, 0.2) is 49.2 Å². The van der Waals surface area contributed by atoms with E-state index >= 15 is 4.39 Å². The van der Waals surface area contributed by atoms with Crippen LogP contribution >= 0.6 is 0 Å². The Morgan fingerprint density at radius 2 is 1.82 bits per heavy atom. The molecule has 162 valence electrons. The van der Waals surface area contributed by atoms with Gasteiger partial charge in [-0.25, -0.2) is 14.4 Å². The number of benzene rings is 1. The van der Waals surface area contributed by atoms with Gasteiger partial charge in [0.05, 0.1) is 29.3 Å². The number of aromatic amines is 2. The molecule has 10 nitrogen and oxygen atoms in total. The Kier molecular flexibility index (Phi) is 4.22. The predicted molar refractivity (Wildman–Crippen MR) is 118 cm³/mol. The van der Waals surface area contributed by atoms with Gasteiger partial charge in [-0.2, -0.15) is 15.4 Å². The Labute approximate surface area is 185 Å². The third kappa shape index (κ3) is 3.21. The van der Waals surface area contributed by atoms with Crippen LogP contribution in [-0.4, -0.2) is 50.3 Å². The van der Waals surface area contributed by atoms with Crippen LogP contribution in [-0.2, 0) is 7.05 Å². The minimum Gasteiger partial charge on any atom is -0.285 e. The fourth-order valence-corrected chi connectivity index (χ4v) is 3.97. The first kappa shape index (κ1) is 19.2. The molecule has 5 heterocycles. The Morgan fingerprint density at radius 1 is 0.970 bits per heavy atom. The van der Waals surface area contributed by atoms with Crippen LogP contribution in [0.1, 0.15) is 24.1 Å². The van der Waals surface area contributed by atoms with Crippen LogP contribution in [0.25, 0.3) is 44.6 Å². The lowest BCUT2D eigenvalue weighted by molar-refractivity contribution is 0.603. The number of hydrogen-bond acceptors (Lipinski definition) is 7. The fraction of sp³-hybridized carbons (Fsp3) is 0.136. The number of hydrogen-bond donors (Lipinski definition) is 2. The molecule has 0 amide bonds. The van der Waals surface area contributed by atoms with Crippen LogP contribution in [0.3, 0.4) is 0 Å². The van der Waals surface area contributed by atoms with E-state index in [1.54, 1.807) is 29.5 Å². The molecular formula is C22H17FN10. The lowest BCUT2D eigenvalue weighted by Crippen LogP contribution is -2.07. The summed E-state index contributed by atoms with van der Waals surface area (Å²) in [7, 11) is 1.86. The summed E-state index contributed by atoms with van der Waals surface area (Å²) in [6, 6.07) is 5.25. The molecule has 0 radical (unpaired) electrons. The van der Waals surface area contributed by atoms with Crippen LogP contribution in [0.4, 0.5) is 4.39 Å². The van der Waals surface area contributed by atoms with Crippen molar-refractivity contribution in [1.82, 2.24) is 50.3 Å². The van der Waals surface area contributed by atoms with Gasteiger partial charge in [-0.1, -0.05) is 6.92 Å². The summed E-state index contributed by atoms with van der Waals surface area (Å²) in [6.07, 6.45) is 8.77. The van der Waals surface area contributed by atoms with Crippen molar-refractivity contribution in [2.75, 3.05) is 0 Å². The second-order valence-corrected chi connectivity index (χ2v) is 7.83. The first-order chi connectivity index (χ1) is 16.1. The molecule has 0 spiro atoms. The molecule has 2 N–H and O–H groups in total. The van der Waals surface area contributed by atoms with Crippen molar-refractivity contribution >= 4 is 22.2 Å². The molecule has 5 aromatic heterocycles. The van der Waals surface area contributed by atoms with Crippen molar-refractivity contribution in [2.45, 2.75) is 12.8 Å². The van der Waals surface area contributed by atoms with E-state index in [0.717, 1.165) is 22.1 Å². The van der Waals surface area contributed by atoms with Gasteiger partial charge in [0.25, 0.3) is 0 Å². The highest BCUT2D eigenvalue weighted by molar-refractivity contribution is 5.84. The van der Waals surface area contributed by atoms with Crippen LogP contribution in [0, 0.1) is 5.82 Å². The minimum absolute atomic E-state index is 0.364. The average Bonchev–Trinajstić information content (AvgIpc) is 3.58. The van der Waals surface area contributed by atoms with Crippen molar-refractivity contribution in [2.24, 2.45) is 7.05 Å². The number of rotatable bonds is 4. The summed E-state index contributed by atoms with van der Waals surface area (Å²) in [5.41, 5.74) is 5.53. The van der Waals surface area contributed by atoms with Gasteiger partial charge in [0.1, 0.15) is 5.82 Å². The smallest absolute Gasteiger partial charge is 0.221 e. The average molecular weight is 440 g/mol. The van der Waals surface area contributed by atoms with Crippen LogP contribution in [0.5, 0.6) is 0 Å². The van der Waals surface area contributed by atoms with E-state index in [-0.39, 0.29) is 5.82 Å². The standard InChI is InChI=1S/C22H17FN10/c1-11(19-20(14-7-25-26-8-14)29-22-21(28-19)30-32-31-22)16-4-12-3-13(15-9-27-33(2)10-15)6-24-18(12)5-17(16)23/h3-11H,1-2H3,(H,25,26)(H,28,29,30,31,32). The van der Waals surface area contributed by atoms with Gasteiger partial charge in [-0.15, -0.1) is 10.2 Å². The number of nitrogens with zero attached hydrogens (tertiary/aromatic N) is 8. The maximum atomic E-state index is 15.3. The van der Waals surface area contributed by atoms with Crippen molar-refractivity contribution < 1.29 is 4.39 Å². The summed E-state index contributed by atoms with van der Waals surface area (Å²) >= 11 is 0. The highest BCUT2D eigenvalue weighted by Gasteiger charge is 2.23. The first-order valence-corrected chi connectivity index (χ1v) is 10.2. The van der Waals surface area contributed by atoms with Crippen molar-refractivity contribution in [3.05, 3.63) is 66.3 Å². The van der Waals surface area contributed by atoms with Crippen LogP contribution in [0.2, 0.25) is 0 Å². The number of aromatic nitrogens is 10. The third-order valence-corrected chi connectivity index (χ3v) is 5.68. The second-order valence-electron chi connectivity index (χ2n) is 7.83. The van der Waals surface area contributed by atoms with E-state index in [9.17, 15) is 0 Å². The number of nitrogens with one attached hydrogen (secondary N) is 2. The molecule has 1 aromatic carbocycles. The lowest BCUT2D eigenvalue weighted by Gasteiger charge is -2.16. The van der Waals surface area contributed by atoms with Crippen molar-refractivity contribution in [3.8, 4) is 22.4 Å². The summed E-state index contributed by atoms with van der Waals surface area (Å²) in [6.45, 7) is 1.89. The van der Waals surface area contributed by atoms with E-state index < -0.39 is 5.92 Å². The topological polar surface area (TPSA) is 127 Å². The van der Waals surface area contributed by atoms with E-state index in [0.29, 0.717) is 33.8 Å². The fourth-order valence-electron chi connectivity index (χ4n) is 3.97. The highest BCUT2D eigenvalue weighted by atomic mass is 19.1. The van der Waals surface area contributed by atoms with Gasteiger partial charge in [-0.3, -0.25) is 14.8 Å². The Balaban J connectivity index is 1.50. The zero-order chi connectivity index (χ0) is 22.5. The normalized spacial score (nSPS) is 12.6. The van der Waals surface area contributed by atoms with Gasteiger partial charge in [0, 0.05) is 59.7 Å². The van der Waals surface area contributed by atoms with Gasteiger partial charge in [0.2, 0.25) is 11.3 Å². The SMILES string of the molecule is CC(c1cc2cc(-c3cnn(C)c3)cnc2cc1F)c1nc2n[nH]nc2nc1-c1cn[nH]c1. The summed E-state index contributed by atoms with van der Waals surface area (Å²) in [5.74, 6) is -0.785.